The zero-order valence-electron chi connectivity index (χ0n) is 11.5. The molecule has 0 radical (unpaired) electrons. The zero-order chi connectivity index (χ0) is 15.6. The maximum Gasteiger partial charge on any atom is 0.329 e. The number of halogens is 2. The normalized spacial score (nSPS) is 10.7. The first-order valence-electron chi connectivity index (χ1n) is 6.30. The average molecular weight is 371 g/mol. The van der Waals surface area contributed by atoms with E-state index in [0.29, 0.717) is 5.75 Å². The summed E-state index contributed by atoms with van der Waals surface area (Å²) in [6.07, 6.45) is 0. The Balaban J connectivity index is 2.49. The minimum Gasteiger partial charge on any atom is -0.450 e. The molecule has 0 heterocycles. The van der Waals surface area contributed by atoms with E-state index in [1.807, 2.05) is 26.0 Å². The van der Waals surface area contributed by atoms with Crippen LogP contribution >= 0.6 is 27.5 Å². The molecule has 0 fully saturated rings. The van der Waals surface area contributed by atoms with Crippen molar-refractivity contribution in [3.8, 4) is 11.5 Å². The summed E-state index contributed by atoms with van der Waals surface area (Å²) in [5.41, 5.74) is 0.732. The highest BCUT2D eigenvalue weighted by Gasteiger charge is 2.21. The van der Waals surface area contributed by atoms with Gasteiger partial charge in [0.05, 0.1) is 4.92 Å². The van der Waals surface area contributed by atoms with E-state index in [4.69, 9.17) is 16.3 Å². The Morgan fingerprint density at radius 2 is 1.95 bits per heavy atom. The van der Waals surface area contributed by atoms with Gasteiger partial charge in [0.15, 0.2) is 0 Å². The summed E-state index contributed by atoms with van der Waals surface area (Å²) in [7, 11) is 0. The number of rotatable bonds is 4. The number of hydrogen-bond acceptors (Lipinski definition) is 3. The Morgan fingerprint density at radius 1 is 1.24 bits per heavy atom. The number of para-hydroxylation sites is 1. The van der Waals surface area contributed by atoms with E-state index in [-0.39, 0.29) is 22.4 Å². The first-order chi connectivity index (χ1) is 9.90. The third kappa shape index (κ3) is 3.54. The van der Waals surface area contributed by atoms with Gasteiger partial charge in [0.1, 0.15) is 10.8 Å². The number of hydrogen-bond donors (Lipinski definition) is 0. The van der Waals surface area contributed by atoms with Crippen molar-refractivity contribution in [3.05, 3.63) is 61.6 Å². The fourth-order valence-electron chi connectivity index (χ4n) is 1.94. The summed E-state index contributed by atoms with van der Waals surface area (Å²) in [4.78, 5) is 10.6. The van der Waals surface area contributed by atoms with Crippen LogP contribution in [0.25, 0.3) is 0 Å². The molecule has 0 atom stereocenters. The summed E-state index contributed by atoms with van der Waals surface area (Å²) < 4.78 is 6.68. The van der Waals surface area contributed by atoms with Crippen molar-refractivity contribution in [2.24, 2.45) is 0 Å². The maximum absolute atomic E-state index is 11.1. The highest BCUT2D eigenvalue weighted by Crippen LogP contribution is 2.39. The molecule has 0 N–H and O–H groups in total. The molecule has 0 unspecified atom stereocenters. The van der Waals surface area contributed by atoms with Gasteiger partial charge >= 0.3 is 5.69 Å². The number of nitrogens with zero attached hydrogens (tertiary/aromatic N) is 1. The van der Waals surface area contributed by atoms with Gasteiger partial charge in [-0.25, -0.2) is 0 Å². The number of ether oxygens (including phenoxy) is 1. The van der Waals surface area contributed by atoms with Gasteiger partial charge in [-0.1, -0.05) is 47.4 Å². The van der Waals surface area contributed by atoms with Crippen LogP contribution in [0.15, 0.2) is 40.9 Å². The Bertz CT molecular complexity index is 689. The van der Waals surface area contributed by atoms with Gasteiger partial charge in [-0.05, 0) is 41.8 Å². The third-order valence-corrected chi connectivity index (χ3v) is 3.74. The summed E-state index contributed by atoms with van der Waals surface area (Å²) in [5.74, 6) is 0.936. The fraction of sp³-hybridized carbons (Fsp3) is 0.200. The molecule has 2 aromatic carbocycles. The van der Waals surface area contributed by atoms with E-state index >= 15 is 0 Å². The van der Waals surface area contributed by atoms with Crippen LogP contribution in [0, 0.1) is 10.1 Å². The predicted molar refractivity (Wildman–Crippen MR) is 86.4 cm³/mol. The molecule has 2 aromatic rings. The smallest absolute Gasteiger partial charge is 0.329 e. The molecule has 0 aromatic heterocycles. The molecule has 0 aliphatic rings. The van der Waals surface area contributed by atoms with Crippen molar-refractivity contribution in [1.82, 2.24) is 0 Å². The topological polar surface area (TPSA) is 52.4 Å². The SMILES string of the molecule is CC(C)c1cc(Br)ccc1Oc1cccc(Cl)c1[N+](=O)[O-]. The second-order valence-electron chi connectivity index (χ2n) is 4.78. The molecule has 0 aliphatic carbocycles. The van der Waals surface area contributed by atoms with Crippen LogP contribution in [0.4, 0.5) is 5.69 Å². The van der Waals surface area contributed by atoms with Crippen LogP contribution in [0.3, 0.4) is 0 Å². The van der Waals surface area contributed by atoms with Crippen molar-refractivity contribution >= 4 is 33.2 Å². The molecule has 21 heavy (non-hydrogen) atoms. The number of benzene rings is 2. The lowest BCUT2D eigenvalue weighted by Crippen LogP contribution is -1.97. The highest BCUT2D eigenvalue weighted by atomic mass is 79.9. The summed E-state index contributed by atoms with van der Waals surface area (Å²) in [6.45, 7) is 4.06. The highest BCUT2D eigenvalue weighted by molar-refractivity contribution is 9.10. The van der Waals surface area contributed by atoms with Gasteiger partial charge in [-0.15, -0.1) is 0 Å². The molecule has 0 aliphatic heterocycles. The van der Waals surface area contributed by atoms with Crippen molar-refractivity contribution in [2.45, 2.75) is 19.8 Å². The molecular weight excluding hydrogens is 358 g/mol. The Morgan fingerprint density at radius 3 is 2.57 bits per heavy atom. The Kier molecular flexibility index (Phi) is 4.85. The largest absolute Gasteiger partial charge is 0.450 e. The van der Waals surface area contributed by atoms with Crippen LogP contribution in [0.2, 0.25) is 5.02 Å². The van der Waals surface area contributed by atoms with E-state index in [0.717, 1.165) is 10.0 Å². The summed E-state index contributed by atoms with van der Waals surface area (Å²) >= 11 is 9.30. The number of nitro benzene ring substituents is 1. The molecule has 0 bridgehead atoms. The minimum atomic E-state index is -0.536. The first kappa shape index (κ1) is 15.8. The average Bonchev–Trinajstić information content (AvgIpc) is 2.40. The lowest BCUT2D eigenvalue weighted by Gasteiger charge is -2.14. The Labute approximate surface area is 136 Å². The van der Waals surface area contributed by atoms with Crippen molar-refractivity contribution in [3.63, 3.8) is 0 Å². The molecule has 0 amide bonds. The molecule has 110 valence electrons. The van der Waals surface area contributed by atoms with Crippen molar-refractivity contribution in [2.75, 3.05) is 0 Å². The predicted octanol–water partition coefficient (Wildman–Crippen LogP) is 5.93. The molecule has 0 saturated carbocycles. The van der Waals surface area contributed by atoms with Crippen LogP contribution in [0.5, 0.6) is 11.5 Å². The standard InChI is InChI=1S/C15H13BrClNO3/c1-9(2)11-8-10(16)6-7-13(11)21-14-5-3-4-12(17)15(14)18(19)20/h3-9H,1-2H3. The minimum absolute atomic E-state index is 0.0562. The van der Waals surface area contributed by atoms with Gasteiger partial charge in [-0.2, -0.15) is 0 Å². The monoisotopic (exact) mass is 369 g/mol. The zero-order valence-corrected chi connectivity index (χ0v) is 13.8. The summed E-state index contributed by atoms with van der Waals surface area (Å²) in [5, 5.41) is 11.2. The van der Waals surface area contributed by atoms with E-state index in [1.165, 1.54) is 12.1 Å². The van der Waals surface area contributed by atoms with E-state index in [1.54, 1.807) is 12.1 Å². The maximum atomic E-state index is 11.1. The molecule has 0 spiro atoms. The Hall–Kier alpha value is -1.59. The van der Waals surface area contributed by atoms with Gasteiger partial charge in [0.25, 0.3) is 0 Å². The van der Waals surface area contributed by atoms with E-state index < -0.39 is 4.92 Å². The number of nitro groups is 1. The fourth-order valence-corrected chi connectivity index (χ4v) is 2.55. The molecular formula is C15H13BrClNO3. The first-order valence-corrected chi connectivity index (χ1v) is 7.47. The second kappa shape index (κ2) is 6.45. The quantitative estimate of drug-likeness (QED) is 0.495. The lowest BCUT2D eigenvalue weighted by molar-refractivity contribution is -0.385. The molecule has 6 heteroatoms. The lowest BCUT2D eigenvalue weighted by atomic mass is 10.0. The van der Waals surface area contributed by atoms with Gasteiger partial charge in [-0.3, -0.25) is 10.1 Å². The molecule has 2 rings (SSSR count). The van der Waals surface area contributed by atoms with E-state index in [9.17, 15) is 10.1 Å². The molecule has 0 saturated heterocycles. The van der Waals surface area contributed by atoms with Crippen LogP contribution in [0.1, 0.15) is 25.3 Å². The van der Waals surface area contributed by atoms with Crippen molar-refractivity contribution in [1.29, 1.82) is 0 Å². The third-order valence-electron chi connectivity index (χ3n) is 2.95. The van der Waals surface area contributed by atoms with Gasteiger partial charge in [0, 0.05) is 4.47 Å². The van der Waals surface area contributed by atoms with Crippen LogP contribution in [-0.2, 0) is 0 Å². The van der Waals surface area contributed by atoms with Crippen LogP contribution in [-0.4, -0.2) is 4.92 Å². The molecule has 4 nitrogen and oxygen atoms in total. The van der Waals surface area contributed by atoms with Crippen molar-refractivity contribution < 1.29 is 9.66 Å². The van der Waals surface area contributed by atoms with Gasteiger partial charge in [0.2, 0.25) is 5.75 Å². The summed E-state index contributed by atoms with van der Waals surface area (Å²) in [6, 6.07) is 10.2. The van der Waals surface area contributed by atoms with E-state index in [2.05, 4.69) is 15.9 Å². The van der Waals surface area contributed by atoms with Crippen LogP contribution < -0.4 is 4.74 Å². The van der Waals surface area contributed by atoms with Gasteiger partial charge < -0.3 is 4.74 Å². The second-order valence-corrected chi connectivity index (χ2v) is 6.11.